The summed E-state index contributed by atoms with van der Waals surface area (Å²) in [6, 6.07) is 8.26. The highest BCUT2D eigenvalue weighted by atomic mass is 16.5. The van der Waals surface area contributed by atoms with E-state index < -0.39 is 5.60 Å². The Morgan fingerprint density at radius 2 is 1.91 bits per heavy atom. The first-order valence-corrected chi connectivity index (χ1v) is 12.9. The standard InChI is InChI=1S/C28H42N2O4/c1-19-16-24-23(11-10-21(3)28(24,32)17-27(19)34-22(4)31)20(2)18-29-12-14-30(15-13-29)25-8-6-7-9-26(25)33-5/h6-9,16,20-21,23-24,27,32H,10-15,17-18H2,1-5H3/t20-,21-,23+,24-,27-,28-/m1/s1. The van der Waals surface area contributed by atoms with Gasteiger partial charge < -0.3 is 19.5 Å². The minimum absolute atomic E-state index is 0.118. The maximum atomic E-state index is 11.8. The minimum Gasteiger partial charge on any atom is -0.495 e. The molecule has 2 fully saturated rings. The van der Waals surface area contributed by atoms with Gasteiger partial charge in [-0.2, -0.15) is 0 Å². The van der Waals surface area contributed by atoms with Crippen molar-refractivity contribution in [2.75, 3.05) is 44.7 Å². The molecule has 1 N–H and O–H groups in total. The SMILES string of the molecule is COc1ccccc1N1CCN(C[C@@H](C)[C@@H]2CC[C@@H](C)[C@]3(O)C[C@@H](OC(C)=O)C(C)=C[C@H]23)CC1. The van der Waals surface area contributed by atoms with E-state index in [1.807, 2.05) is 19.1 Å². The maximum Gasteiger partial charge on any atom is 0.303 e. The first-order valence-electron chi connectivity index (χ1n) is 12.9. The van der Waals surface area contributed by atoms with Crippen LogP contribution >= 0.6 is 0 Å². The molecule has 6 heteroatoms. The van der Waals surface area contributed by atoms with Crippen molar-refractivity contribution in [3.8, 4) is 5.75 Å². The lowest BCUT2D eigenvalue weighted by Gasteiger charge is -2.53. The molecule has 1 aromatic carbocycles. The van der Waals surface area contributed by atoms with Crippen molar-refractivity contribution in [1.82, 2.24) is 4.90 Å². The molecule has 0 amide bonds. The maximum absolute atomic E-state index is 11.8. The fourth-order valence-corrected chi connectivity index (χ4v) is 6.60. The van der Waals surface area contributed by atoms with Gasteiger partial charge in [-0.05, 0) is 55.2 Å². The molecule has 1 aromatic rings. The number of para-hydroxylation sites is 2. The van der Waals surface area contributed by atoms with Gasteiger partial charge >= 0.3 is 5.97 Å². The van der Waals surface area contributed by atoms with Gasteiger partial charge in [-0.1, -0.05) is 32.1 Å². The van der Waals surface area contributed by atoms with E-state index in [4.69, 9.17) is 9.47 Å². The van der Waals surface area contributed by atoms with Crippen molar-refractivity contribution >= 4 is 11.7 Å². The lowest BCUT2D eigenvalue weighted by Crippen LogP contribution is -2.56. The van der Waals surface area contributed by atoms with Crippen LogP contribution in [0.3, 0.4) is 0 Å². The van der Waals surface area contributed by atoms with Gasteiger partial charge in [0.25, 0.3) is 0 Å². The van der Waals surface area contributed by atoms with Crippen LogP contribution in [0.1, 0.15) is 47.0 Å². The Kier molecular flexibility index (Phi) is 7.58. The number of carbonyl (C=O) groups excluding carboxylic acids is 1. The van der Waals surface area contributed by atoms with Crippen molar-refractivity contribution in [3.63, 3.8) is 0 Å². The van der Waals surface area contributed by atoms with Gasteiger partial charge in [0.05, 0.1) is 18.4 Å². The van der Waals surface area contributed by atoms with Gasteiger partial charge in [0, 0.05) is 52.0 Å². The van der Waals surface area contributed by atoms with Crippen LogP contribution in [0.25, 0.3) is 0 Å². The third-order valence-corrected chi connectivity index (χ3v) is 8.67. The number of ether oxygens (including phenoxy) is 2. The number of rotatable bonds is 6. The normalized spacial score (nSPS) is 33.0. The van der Waals surface area contributed by atoms with Crippen molar-refractivity contribution in [2.24, 2.45) is 23.7 Å². The molecule has 34 heavy (non-hydrogen) atoms. The molecule has 1 saturated carbocycles. The van der Waals surface area contributed by atoms with Crippen LogP contribution in [0.4, 0.5) is 5.69 Å². The fourth-order valence-electron chi connectivity index (χ4n) is 6.60. The van der Waals surface area contributed by atoms with Gasteiger partial charge in [0.2, 0.25) is 0 Å². The van der Waals surface area contributed by atoms with Gasteiger partial charge in [-0.25, -0.2) is 0 Å². The zero-order chi connectivity index (χ0) is 24.5. The monoisotopic (exact) mass is 470 g/mol. The number of nitrogens with zero attached hydrogens (tertiary/aromatic N) is 2. The average Bonchev–Trinajstić information content (AvgIpc) is 2.81. The third kappa shape index (κ3) is 4.99. The van der Waals surface area contributed by atoms with E-state index in [2.05, 4.69) is 41.9 Å². The molecule has 0 bridgehead atoms. The summed E-state index contributed by atoms with van der Waals surface area (Å²) in [6.07, 6.45) is 4.59. The van der Waals surface area contributed by atoms with Crippen LogP contribution < -0.4 is 9.64 Å². The molecule has 188 valence electrons. The number of aliphatic hydroxyl groups is 1. The van der Waals surface area contributed by atoms with Crippen LogP contribution in [0.15, 0.2) is 35.9 Å². The molecule has 1 heterocycles. The number of hydrogen-bond donors (Lipinski definition) is 1. The molecule has 6 atom stereocenters. The van der Waals surface area contributed by atoms with Crippen LogP contribution in [-0.4, -0.2) is 67.5 Å². The molecule has 0 aromatic heterocycles. The van der Waals surface area contributed by atoms with Gasteiger partial charge in [-0.15, -0.1) is 0 Å². The Morgan fingerprint density at radius 1 is 1.21 bits per heavy atom. The first kappa shape index (κ1) is 25.1. The van der Waals surface area contributed by atoms with Crippen LogP contribution in [-0.2, 0) is 9.53 Å². The molecule has 1 aliphatic heterocycles. The van der Waals surface area contributed by atoms with Crippen molar-refractivity contribution in [3.05, 3.63) is 35.9 Å². The summed E-state index contributed by atoms with van der Waals surface area (Å²) < 4.78 is 11.1. The number of anilines is 1. The Balaban J connectivity index is 1.41. The van der Waals surface area contributed by atoms with E-state index in [0.29, 0.717) is 18.3 Å². The zero-order valence-corrected chi connectivity index (χ0v) is 21.5. The summed E-state index contributed by atoms with van der Waals surface area (Å²) in [5.74, 6) is 1.89. The lowest BCUT2D eigenvalue weighted by molar-refractivity contribution is -0.159. The minimum atomic E-state index is -0.806. The number of esters is 1. The number of fused-ring (bicyclic) bond motifs is 1. The molecule has 4 rings (SSSR count). The Hall–Kier alpha value is -2.05. The van der Waals surface area contributed by atoms with E-state index >= 15 is 0 Å². The highest BCUT2D eigenvalue weighted by molar-refractivity contribution is 5.66. The largest absolute Gasteiger partial charge is 0.495 e. The van der Waals surface area contributed by atoms with Crippen LogP contribution in [0.2, 0.25) is 0 Å². The summed E-state index contributed by atoms with van der Waals surface area (Å²) in [4.78, 5) is 16.6. The summed E-state index contributed by atoms with van der Waals surface area (Å²) in [5, 5.41) is 11.8. The molecular formula is C28H42N2O4. The van der Waals surface area contributed by atoms with Gasteiger partial charge in [-0.3, -0.25) is 9.69 Å². The highest BCUT2D eigenvalue weighted by Crippen LogP contribution is 2.51. The zero-order valence-electron chi connectivity index (χ0n) is 21.5. The molecule has 3 aliphatic rings. The quantitative estimate of drug-likeness (QED) is 0.498. The fraction of sp³-hybridized carbons (Fsp3) is 0.679. The summed E-state index contributed by atoms with van der Waals surface area (Å²) in [7, 11) is 1.73. The Morgan fingerprint density at radius 3 is 2.59 bits per heavy atom. The van der Waals surface area contributed by atoms with Crippen LogP contribution in [0.5, 0.6) is 5.75 Å². The molecule has 0 unspecified atom stereocenters. The topological polar surface area (TPSA) is 62.2 Å². The molecule has 2 aliphatic carbocycles. The van der Waals surface area contributed by atoms with E-state index in [1.54, 1.807) is 7.11 Å². The van der Waals surface area contributed by atoms with Crippen molar-refractivity contribution < 1.29 is 19.4 Å². The smallest absolute Gasteiger partial charge is 0.303 e. The second-order valence-corrected chi connectivity index (χ2v) is 10.8. The molecule has 0 radical (unpaired) electrons. The second-order valence-electron chi connectivity index (χ2n) is 10.8. The van der Waals surface area contributed by atoms with Crippen LogP contribution in [0, 0.1) is 23.7 Å². The number of hydrogen-bond acceptors (Lipinski definition) is 6. The van der Waals surface area contributed by atoms with E-state index in [0.717, 1.165) is 56.9 Å². The second kappa shape index (κ2) is 10.3. The number of piperazine rings is 1. The third-order valence-electron chi connectivity index (χ3n) is 8.67. The molecular weight excluding hydrogens is 428 g/mol. The van der Waals surface area contributed by atoms with Gasteiger partial charge in [0.1, 0.15) is 11.9 Å². The lowest BCUT2D eigenvalue weighted by atomic mass is 9.57. The number of carbonyl (C=O) groups is 1. The number of methoxy groups -OCH3 is 1. The first-order chi connectivity index (χ1) is 16.2. The molecule has 6 nitrogen and oxygen atoms in total. The molecule has 0 spiro atoms. The Bertz CT molecular complexity index is 894. The summed E-state index contributed by atoms with van der Waals surface area (Å²) in [6.45, 7) is 13.1. The summed E-state index contributed by atoms with van der Waals surface area (Å²) >= 11 is 0. The predicted molar refractivity (Wildman–Crippen MR) is 135 cm³/mol. The van der Waals surface area contributed by atoms with Gasteiger partial charge in [0.15, 0.2) is 0 Å². The van der Waals surface area contributed by atoms with Crippen molar-refractivity contribution in [1.29, 1.82) is 0 Å². The van der Waals surface area contributed by atoms with E-state index in [9.17, 15) is 9.90 Å². The van der Waals surface area contributed by atoms with Crippen molar-refractivity contribution in [2.45, 2.75) is 58.7 Å². The number of benzene rings is 1. The summed E-state index contributed by atoms with van der Waals surface area (Å²) in [5.41, 5.74) is 1.45. The Labute approximate surface area is 204 Å². The van der Waals surface area contributed by atoms with E-state index in [1.165, 1.54) is 12.6 Å². The highest BCUT2D eigenvalue weighted by Gasteiger charge is 2.52. The molecule has 1 saturated heterocycles. The average molecular weight is 471 g/mol. The van der Waals surface area contributed by atoms with E-state index in [-0.39, 0.29) is 23.9 Å². The predicted octanol–water partition coefficient (Wildman–Crippen LogP) is 4.13.